The van der Waals surface area contributed by atoms with Crippen molar-refractivity contribution in [3.05, 3.63) is 339 Å². The van der Waals surface area contributed by atoms with Crippen LogP contribution >= 0.6 is 0 Å². The van der Waals surface area contributed by atoms with Gasteiger partial charge in [-0.05, 0) is 144 Å². The van der Waals surface area contributed by atoms with Gasteiger partial charge >= 0.3 is 20.1 Å². The van der Waals surface area contributed by atoms with Crippen LogP contribution in [0.1, 0.15) is 11.1 Å². The molecule has 14 aromatic rings. The van der Waals surface area contributed by atoms with Gasteiger partial charge in [-0.1, -0.05) is 175 Å². The van der Waals surface area contributed by atoms with Gasteiger partial charge in [0.15, 0.2) is 0 Å². The van der Waals surface area contributed by atoms with E-state index in [0.29, 0.717) is 0 Å². The summed E-state index contributed by atoms with van der Waals surface area (Å²) in [5.74, 6) is 0. The SMILES string of the molecule is C#C.Cc1cc(C)cc(-c2ccccc2-c2ccc(-c3[c-]cccc3)nc2)c1.[Ir+3].[Ir].[c-]1ccccc1-c1ccc(-c2ccccc2-c2cc(-c3ccccc3-c3ccc(-c4[c-]cccc4)nc3)cc(-c3ccccc3-c3ccc(-c4[c-]cccc4)nc3)c2)cn1. The molecule has 433 valence electrons. The Hall–Kier alpha value is -10.3. The van der Waals surface area contributed by atoms with E-state index in [1.807, 2.05) is 122 Å². The molecule has 0 aliphatic heterocycles. The van der Waals surface area contributed by atoms with Crippen LogP contribution in [0.2, 0.25) is 0 Å². The van der Waals surface area contributed by atoms with Crippen LogP contribution in [0.5, 0.6) is 0 Å². The van der Waals surface area contributed by atoms with Crippen molar-refractivity contribution >= 4 is 0 Å². The molecule has 0 aliphatic carbocycles. The van der Waals surface area contributed by atoms with E-state index in [0.717, 1.165) is 117 Å². The molecule has 0 bridgehead atoms. The first-order chi connectivity index (χ1) is 43.5. The van der Waals surface area contributed by atoms with E-state index in [9.17, 15) is 0 Å². The van der Waals surface area contributed by atoms with Crippen molar-refractivity contribution in [2.24, 2.45) is 0 Å². The molecule has 90 heavy (non-hydrogen) atoms. The fourth-order valence-electron chi connectivity index (χ4n) is 11.2. The van der Waals surface area contributed by atoms with Crippen LogP contribution in [-0.2, 0) is 40.2 Å². The molecule has 4 heterocycles. The maximum Gasteiger partial charge on any atom is 3.00 e. The van der Waals surface area contributed by atoms with Crippen LogP contribution in [0.25, 0.3) is 134 Å². The molecule has 1 radical (unpaired) electrons. The normalized spacial score (nSPS) is 10.4. The van der Waals surface area contributed by atoms with Gasteiger partial charge < -0.3 is 19.9 Å². The third-order valence-corrected chi connectivity index (χ3v) is 15.3. The van der Waals surface area contributed by atoms with Gasteiger partial charge in [-0.15, -0.1) is 156 Å². The van der Waals surface area contributed by atoms with Crippen molar-refractivity contribution in [2.45, 2.75) is 13.8 Å². The van der Waals surface area contributed by atoms with E-state index in [2.05, 4.69) is 238 Å². The standard InChI is InChI=1S/C57H36N3.C25H20N.C2H2.2Ir/c1-4-16-40(17-5-1)55-31-28-43(37-58-55)49-22-10-13-25-52(49)46-34-47(53-26-14-11-23-50(53)44-29-32-56(59-38-44)41-18-6-2-7-19-41)36-48(35-46)54-27-15-12-24-51(54)45-30-33-57(60-39-45)42-20-8-3-9-21-42;1-18-14-19(2)16-22(15-18)24-11-7-6-10-23(24)21-12-13-25(26-17-21)20-8-4-3-5-9-20;1-2;;/h1-16,18,20,22-39H;3-8,10-17H,1-2H3;1-2H;;/q-3;-1;;;+3. The summed E-state index contributed by atoms with van der Waals surface area (Å²) in [6.45, 7) is 4.29. The zero-order valence-electron chi connectivity index (χ0n) is 49.5. The molecule has 0 aliphatic rings. The Morgan fingerprint density at radius 1 is 0.244 bits per heavy atom. The van der Waals surface area contributed by atoms with Gasteiger partial charge in [-0.3, -0.25) is 0 Å². The van der Waals surface area contributed by atoms with Gasteiger partial charge in [0.1, 0.15) is 0 Å². The van der Waals surface area contributed by atoms with Gasteiger partial charge in [-0.25, -0.2) is 0 Å². The summed E-state index contributed by atoms with van der Waals surface area (Å²) in [6, 6.07) is 110. The summed E-state index contributed by atoms with van der Waals surface area (Å²) in [5.41, 5.74) is 28.0. The molecule has 0 saturated carbocycles. The summed E-state index contributed by atoms with van der Waals surface area (Å²) in [4.78, 5) is 19.3. The number of pyridine rings is 4. The number of hydrogen-bond donors (Lipinski definition) is 0. The number of aryl methyl sites for hydroxylation is 2. The Labute approximate surface area is 555 Å². The second kappa shape index (κ2) is 30.0. The Bertz CT molecular complexity index is 4280. The molecule has 0 spiro atoms. The average molecular weight is 1510 g/mol. The van der Waals surface area contributed by atoms with Gasteiger partial charge in [0, 0.05) is 44.9 Å². The minimum absolute atomic E-state index is 0. The van der Waals surface area contributed by atoms with Crippen LogP contribution in [-0.4, -0.2) is 19.9 Å². The number of rotatable bonds is 12. The zero-order valence-corrected chi connectivity index (χ0v) is 54.3. The molecule has 4 aromatic heterocycles. The first kappa shape index (κ1) is 62.7. The third kappa shape index (κ3) is 14.5. The quantitative estimate of drug-likeness (QED) is 0.0903. The first-order valence-electron chi connectivity index (χ1n) is 29.1. The fourth-order valence-corrected chi connectivity index (χ4v) is 11.2. The van der Waals surface area contributed by atoms with Crippen molar-refractivity contribution in [3.63, 3.8) is 0 Å². The molecule has 6 heteroatoms. The van der Waals surface area contributed by atoms with Crippen LogP contribution < -0.4 is 0 Å². The maximum absolute atomic E-state index is 4.88. The smallest absolute Gasteiger partial charge is 0.304 e. The minimum atomic E-state index is 0. The van der Waals surface area contributed by atoms with E-state index < -0.39 is 0 Å². The van der Waals surface area contributed by atoms with E-state index in [1.165, 1.54) is 27.8 Å². The molecular weight excluding hydrogens is 1450 g/mol. The number of nitrogens with zero attached hydrogens (tertiary/aromatic N) is 4. The maximum atomic E-state index is 4.88. The van der Waals surface area contributed by atoms with Crippen LogP contribution in [0.15, 0.2) is 304 Å². The predicted octanol–water partition coefficient (Wildman–Crippen LogP) is 21.0. The summed E-state index contributed by atoms with van der Waals surface area (Å²) < 4.78 is 0. The molecule has 0 unspecified atom stereocenters. The first-order valence-corrected chi connectivity index (χ1v) is 29.1. The van der Waals surface area contributed by atoms with E-state index in [1.54, 1.807) is 0 Å². The van der Waals surface area contributed by atoms with Crippen molar-refractivity contribution in [3.8, 4) is 147 Å². The van der Waals surface area contributed by atoms with Gasteiger partial charge in [0.25, 0.3) is 0 Å². The summed E-state index contributed by atoms with van der Waals surface area (Å²) in [6.07, 6.45) is 15.9. The second-order valence-corrected chi connectivity index (χ2v) is 21.2. The molecule has 0 fully saturated rings. The van der Waals surface area contributed by atoms with Crippen LogP contribution in [0.4, 0.5) is 0 Å². The van der Waals surface area contributed by atoms with Gasteiger partial charge in [0.2, 0.25) is 0 Å². The molecule has 0 atom stereocenters. The molecule has 4 nitrogen and oxygen atoms in total. The number of benzene rings is 10. The number of hydrogen-bond acceptors (Lipinski definition) is 4. The average Bonchev–Trinajstić information content (AvgIpc) is 1.09. The number of terminal acetylenes is 1. The van der Waals surface area contributed by atoms with E-state index in [-0.39, 0.29) is 40.2 Å². The summed E-state index contributed by atoms with van der Waals surface area (Å²) >= 11 is 0. The summed E-state index contributed by atoms with van der Waals surface area (Å²) in [7, 11) is 0. The van der Waals surface area contributed by atoms with Gasteiger partial charge in [-0.2, -0.15) is 0 Å². The Balaban J connectivity index is 0.000000249. The largest absolute Gasteiger partial charge is 3.00 e. The Morgan fingerprint density at radius 3 is 0.656 bits per heavy atom. The molecule has 14 rings (SSSR count). The van der Waals surface area contributed by atoms with Crippen molar-refractivity contribution in [2.75, 3.05) is 0 Å². The Morgan fingerprint density at radius 2 is 0.456 bits per heavy atom. The fraction of sp³-hybridized carbons (Fsp3) is 0.0238. The van der Waals surface area contributed by atoms with Crippen molar-refractivity contribution < 1.29 is 40.2 Å². The molecule has 0 N–H and O–H groups in total. The Kier molecular flexibility index (Phi) is 20.9. The number of aromatic nitrogens is 4. The predicted molar refractivity (Wildman–Crippen MR) is 364 cm³/mol. The van der Waals surface area contributed by atoms with Gasteiger partial charge in [0.05, 0.1) is 0 Å². The molecular formula is C84H58Ir2N4-. The van der Waals surface area contributed by atoms with Crippen LogP contribution in [0.3, 0.4) is 0 Å². The van der Waals surface area contributed by atoms with Crippen molar-refractivity contribution in [1.29, 1.82) is 0 Å². The van der Waals surface area contributed by atoms with Crippen molar-refractivity contribution in [1.82, 2.24) is 19.9 Å². The topological polar surface area (TPSA) is 51.6 Å². The summed E-state index contributed by atoms with van der Waals surface area (Å²) in [5, 5.41) is 0. The zero-order chi connectivity index (χ0) is 60.0. The molecule has 0 amide bonds. The second-order valence-electron chi connectivity index (χ2n) is 21.2. The monoisotopic (exact) mass is 1510 g/mol. The minimum Gasteiger partial charge on any atom is -0.304 e. The van der Waals surface area contributed by atoms with Crippen LogP contribution in [0, 0.1) is 51.0 Å². The molecule has 0 saturated heterocycles. The van der Waals surface area contributed by atoms with E-state index in [4.69, 9.17) is 15.0 Å². The third-order valence-electron chi connectivity index (χ3n) is 15.3. The van der Waals surface area contributed by atoms with E-state index >= 15 is 0 Å². The molecule has 10 aromatic carbocycles.